The molecule has 6 heteroatoms. The number of benzene rings is 2. The van der Waals surface area contributed by atoms with Gasteiger partial charge in [-0.3, -0.25) is 9.59 Å². The van der Waals surface area contributed by atoms with Crippen LogP contribution >= 0.6 is 0 Å². The zero-order valence-electron chi connectivity index (χ0n) is 21.4. The molecule has 1 heterocycles. The molecule has 0 spiro atoms. The summed E-state index contributed by atoms with van der Waals surface area (Å²) < 4.78 is 5.76. The van der Waals surface area contributed by atoms with Crippen molar-refractivity contribution in [2.45, 2.75) is 59.4 Å². The molecule has 2 aromatic carbocycles. The fourth-order valence-electron chi connectivity index (χ4n) is 4.56. The molecule has 35 heavy (non-hydrogen) atoms. The number of unbranched alkanes of at least 4 members (excludes halogenated alkanes) is 2. The average Bonchev–Trinajstić information content (AvgIpc) is 3.13. The smallest absolute Gasteiger partial charge is 0.295 e. The highest BCUT2D eigenvalue weighted by Gasteiger charge is 2.45. The topological polar surface area (TPSA) is 70.1 Å². The maximum atomic E-state index is 13.1. The van der Waals surface area contributed by atoms with Crippen molar-refractivity contribution in [1.82, 2.24) is 4.90 Å². The van der Waals surface area contributed by atoms with Crippen molar-refractivity contribution >= 4 is 23.1 Å². The van der Waals surface area contributed by atoms with E-state index in [4.69, 9.17) is 4.74 Å². The van der Waals surface area contributed by atoms with Crippen LogP contribution < -0.4 is 9.64 Å². The highest BCUT2D eigenvalue weighted by atomic mass is 16.5. The van der Waals surface area contributed by atoms with Crippen LogP contribution in [0.5, 0.6) is 5.75 Å². The lowest BCUT2D eigenvalue weighted by atomic mass is 9.95. The summed E-state index contributed by atoms with van der Waals surface area (Å²) in [5.41, 5.74) is 2.52. The van der Waals surface area contributed by atoms with Crippen LogP contribution in [-0.4, -0.2) is 47.9 Å². The maximum Gasteiger partial charge on any atom is 0.295 e. The highest BCUT2D eigenvalue weighted by Crippen LogP contribution is 2.40. The van der Waals surface area contributed by atoms with Crippen molar-refractivity contribution in [2.75, 3.05) is 31.1 Å². The molecule has 0 radical (unpaired) electrons. The Morgan fingerprint density at radius 1 is 0.914 bits per heavy atom. The summed E-state index contributed by atoms with van der Waals surface area (Å²) in [5, 5.41) is 11.2. The van der Waals surface area contributed by atoms with Gasteiger partial charge >= 0.3 is 0 Å². The summed E-state index contributed by atoms with van der Waals surface area (Å²) in [5.74, 6) is -0.652. The number of carbonyl (C=O) groups excluding carboxylic acids is 2. The van der Waals surface area contributed by atoms with Gasteiger partial charge in [-0.15, -0.1) is 0 Å². The van der Waals surface area contributed by atoms with Gasteiger partial charge in [0.25, 0.3) is 11.7 Å². The number of aliphatic hydroxyl groups is 1. The van der Waals surface area contributed by atoms with Gasteiger partial charge in [0, 0.05) is 30.9 Å². The van der Waals surface area contributed by atoms with E-state index in [-0.39, 0.29) is 11.3 Å². The molecule has 1 unspecified atom stereocenters. The number of anilines is 1. The Bertz CT molecular complexity index is 1020. The molecule has 0 aromatic heterocycles. The summed E-state index contributed by atoms with van der Waals surface area (Å²) in [7, 11) is 0. The van der Waals surface area contributed by atoms with Gasteiger partial charge in [0.05, 0.1) is 18.2 Å². The van der Waals surface area contributed by atoms with Crippen molar-refractivity contribution in [3.8, 4) is 5.75 Å². The summed E-state index contributed by atoms with van der Waals surface area (Å²) in [6.07, 6.45) is 3.95. The summed E-state index contributed by atoms with van der Waals surface area (Å²) in [6.45, 7) is 11.2. The van der Waals surface area contributed by atoms with Gasteiger partial charge in [0.2, 0.25) is 0 Å². The molecule has 0 aliphatic carbocycles. The minimum Gasteiger partial charge on any atom is -0.507 e. The quantitative estimate of drug-likeness (QED) is 0.177. The van der Waals surface area contributed by atoms with E-state index in [2.05, 4.69) is 25.7 Å². The largest absolute Gasteiger partial charge is 0.507 e. The van der Waals surface area contributed by atoms with Gasteiger partial charge in [-0.05, 0) is 68.7 Å². The first kappa shape index (κ1) is 26.3. The Morgan fingerprint density at radius 3 is 2.14 bits per heavy atom. The second-order valence-corrected chi connectivity index (χ2v) is 8.84. The molecular formula is C29H38N2O4. The van der Waals surface area contributed by atoms with Crippen LogP contribution in [0.1, 0.15) is 70.5 Å². The minimum atomic E-state index is -0.645. The number of likely N-dealkylation sites (tertiary alicyclic amines) is 1. The predicted octanol–water partition coefficient (Wildman–Crippen LogP) is 5.93. The number of amides is 1. The van der Waals surface area contributed by atoms with Crippen molar-refractivity contribution in [3.63, 3.8) is 0 Å². The first-order valence-electron chi connectivity index (χ1n) is 12.8. The third-order valence-electron chi connectivity index (χ3n) is 6.49. The van der Waals surface area contributed by atoms with E-state index in [9.17, 15) is 14.7 Å². The number of hydrogen-bond acceptors (Lipinski definition) is 5. The fraction of sp³-hybridized carbons (Fsp3) is 0.448. The van der Waals surface area contributed by atoms with Crippen LogP contribution in [0.4, 0.5) is 5.69 Å². The van der Waals surface area contributed by atoms with E-state index in [0.717, 1.165) is 43.6 Å². The lowest BCUT2D eigenvalue weighted by molar-refractivity contribution is -0.139. The van der Waals surface area contributed by atoms with Crippen molar-refractivity contribution in [2.24, 2.45) is 0 Å². The molecule has 1 fully saturated rings. The molecule has 2 aromatic rings. The van der Waals surface area contributed by atoms with E-state index < -0.39 is 17.7 Å². The summed E-state index contributed by atoms with van der Waals surface area (Å²) in [6, 6.07) is 14.4. The standard InChI is InChI=1S/C29H38N2O4/c1-5-9-10-20-35-24-17-13-22(14-18-24)27(32)25-26(31(19-6-2)29(34)28(25)33)21-11-15-23(16-12-21)30(7-3)8-4/h11-18,26,32H,5-10,19-20H2,1-4H3/b27-25-. The summed E-state index contributed by atoms with van der Waals surface area (Å²) in [4.78, 5) is 29.8. The first-order chi connectivity index (χ1) is 17.0. The van der Waals surface area contributed by atoms with E-state index in [1.165, 1.54) is 0 Å². The number of Topliss-reactive ketones (excluding diaryl/α,β-unsaturated/α-hetero) is 1. The number of carbonyl (C=O) groups is 2. The minimum absolute atomic E-state index is 0.135. The first-order valence-corrected chi connectivity index (χ1v) is 12.8. The molecule has 0 bridgehead atoms. The molecule has 0 saturated carbocycles. The number of nitrogens with zero attached hydrogens (tertiary/aromatic N) is 2. The van der Waals surface area contributed by atoms with Crippen LogP contribution in [-0.2, 0) is 9.59 Å². The van der Waals surface area contributed by atoms with Crippen molar-refractivity contribution in [3.05, 3.63) is 65.2 Å². The van der Waals surface area contributed by atoms with Gasteiger partial charge in [-0.25, -0.2) is 0 Å². The summed E-state index contributed by atoms with van der Waals surface area (Å²) >= 11 is 0. The monoisotopic (exact) mass is 478 g/mol. The second kappa shape index (κ2) is 12.4. The molecule has 1 amide bonds. The number of ether oxygens (including phenoxy) is 1. The third-order valence-corrected chi connectivity index (χ3v) is 6.49. The average molecular weight is 479 g/mol. The fourth-order valence-corrected chi connectivity index (χ4v) is 4.56. The van der Waals surface area contributed by atoms with Crippen LogP contribution in [0.25, 0.3) is 5.76 Å². The molecule has 3 rings (SSSR count). The Kier molecular flexibility index (Phi) is 9.35. The van der Waals surface area contributed by atoms with Crippen LogP contribution in [0.3, 0.4) is 0 Å². The van der Waals surface area contributed by atoms with E-state index >= 15 is 0 Å². The van der Waals surface area contributed by atoms with E-state index in [0.29, 0.717) is 30.9 Å². The number of hydrogen-bond donors (Lipinski definition) is 1. The van der Waals surface area contributed by atoms with E-state index in [1.54, 1.807) is 29.2 Å². The van der Waals surface area contributed by atoms with E-state index in [1.807, 2.05) is 31.2 Å². The van der Waals surface area contributed by atoms with Crippen molar-refractivity contribution < 1.29 is 19.4 Å². The lowest BCUT2D eigenvalue weighted by Crippen LogP contribution is -2.30. The Morgan fingerprint density at radius 2 is 1.57 bits per heavy atom. The third kappa shape index (κ3) is 5.87. The van der Waals surface area contributed by atoms with Gasteiger partial charge in [0.15, 0.2) is 0 Å². The number of ketones is 1. The normalized spacial score (nSPS) is 17.1. The molecule has 188 valence electrons. The van der Waals surface area contributed by atoms with Gasteiger partial charge in [-0.1, -0.05) is 38.8 Å². The molecule has 6 nitrogen and oxygen atoms in total. The Hall–Kier alpha value is -3.28. The zero-order chi connectivity index (χ0) is 25.4. The molecular weight excluding hydrogens is 440 g/mol. The molecule has 1 atom stereocenters. The number of aliphatic hydroxyl groups excluding tert-OH is 1. The Balaban J connectivity index is 1.96. The lowest BCUT2D eigenvalue weighted by Gasteiger charge is -2.26. The number of rotatable bonds is 12. The Labute approximate surface area is 209 Å². The predicted molar refractivity (Wildman–Crippen MR) is 141 cm³/mol. The molecule has 1 saturated heterocycles. The van der Waals surface area contributed by atoms with Gasteiger partial charge in [-0.2, -0.15) is 0 Å². The van der Waals surface area contributed by atoms with Gasteiger partial charge < -0.3 is 19.6 Å². The second-order valence-electron chi connectivity index (χ2n) is 8.84. The maximum absolute atomic E-state index is 13.1. The van der Waals surface area contributed by atoms with Gasteiger partial charge in [0.1, 0.15) is 11.5 Å². The molecule has 1 aliphatic heterocycles. The SMILES string of the molecule is CCCCCOc1ccc(/C(O)=C2/C(=O)C(=O)N(CCC)C2c2ccc(N(CC)CC)cc2)cc1. The van der Waals surface area contributed by atoms with Crippen LogP contribution in [0.2, 0.25) is 0 Å². The van der Waals surface area contributed by atoms with Crippen LogP contribution in [0.15, 0.2) is 54.1 Å². The van der Waals surface area contributed by atoms with Crippen molar-refractivity contribution in [1.29, 1.82) is 0 Å². The zero-order valence-corrected chi connectivity index (χ0v) is 21.4. The van der Waals surface area contributed by atoms with Crippen LogP contribution in [0, 0.1) is 0 Å². The molecule has 1 aliphatic rings. The molecule has 1 N–H and O–H groups in total. The highest BCUT2D eigenvalue weighted by molar-refractivity contribution is 6.46.